The molecule has 1 amide bonds. The van der Waals surface area contributed by atoms with Crippen LogP contribution in [0.2, 0.25) is 0 Å². The molecular formula is C16H17FN4O3. The average Bonchev–Trinajstić information content (AvgIpc) is 3.19. The summed E-state index contributed by atoms with van der Waals surface area (Å²) in [6.45, 7) is 3.03. The molecule has 0 aliphatic heterocycles. The largest absolute Gasteiger partial charge is 0.351 e. The number of nitrogens with zero attached hydrogens (tertiary/aromatic N) is 3. The van der Waals surface area contributed by atoms with Crippen molar-refractivity contribution in [2.45, 2.75) is 38.8 Å². The Labute approximate surface area is 137 Å². The molecule has 1 aliphatic carbocycles. The van der Waals surface area contributed by atoms with Gasteiger partial charge in [-0.15, -0.1) is 0 Å². The third kappa shape index (κ3) is 3.12. The minimum atomic E-state index is -0.493. The second kappa shape index (κ2) is 6.03. The molecule has 2 atom stereocenters. The van der Waals surface area contributed by atoms with Gasteiger partial charge in [0.25, 0.3) is 0 Å². The van der Waals surface area contributed by atoms with Crippen LogP contribution in [-0.4, -0.2) is 26.7 Å². The molecule has 1 fully saturated rings. The topological polar surface area (TPSA) is 90.1 Å². The molecule has 1 N–H and O–H groups in total. The van der Waals surface area contributed by atoms with Gasteiger partial charge in [0.2, 0.25) is 5.91 Å². The number of benzene rings is 1. The molecular weight excluding hydrogens is 315 g/mol. The van der Waals surface area contributed by atoms with E-state index in [9.17, 15) is 19.3 Å². The van der Waals surface area contributed by atoms with Crippen molar-refractivity contribution >= 4 is 11.6 Å². The van der Waals surface area contributed by atoms with Crippen LogP contribution in [0, 0.1) is 29.8 Å². The zero-order valence-electron chi connectivity index (χ0n) is 13.3. The summed E-state index contributed by atoms with van der Waals surface area (Å²) < 4.78 is 14.6. The second-order valence-corrected chi connectivity index (χ2v) is 6.01. The fourth-order valence-corrected chi connectivity index (χ4v) is 2.95. The fraction of sp³-hybridized carbons (Fsp3) is 0.375. The summed E-state index contributed by atoms with van der Waals surface area (Å²) in [5.41, 5.74) is 1.44. The normalized spacial score (nSPS) is 19.1. The quantitative estimate of drug-likeness (QED) is 0.671. The van der Waals surface area contributed by atoms with Crippen LogP contribution in [0.5, 0.6) is 0 Å². The van der Waals surface area contributed by atoms with Gasteiger partial charge in [0.05, 0.1) is 4.92 Å². The molecule has 1 heterocycles. The fourth-order valence-electron chi connectivity index (χ4n) is 2.95. The number of hydrogen-bond donors (Lipinski definition) is 1. The number of nitrogens with one attached hydrogen (secondary N) is 1. The van der Waals surface area contributed by atoms with Gasteiger partial charge in [-0.3, -0.25) is 19.6 Å². The van der Waals surface area contributed by atoms with Crippen LogP contribution >= 0.6 is 0 Å². The van der Waals surface area contributed by atoms with Gasteiger partial charge in [-0.05, 0) is 38.0 Å². The Morgan fingerprint density at radius 3 is 2.88 bits per heavy atom. The van der Waals surface area contributed by atoms with E-state index in [1.165, 1.54) is 16.8 Å². The third-order valence-electron chi connectivity index (χ3n) is 4.23. The molecule has 0 unspecified atom stereocenters. The molecule has 1 aromatic heterocycles. The number of halogens is 1. The lowest BCUT2D eigenvalue weighted by Gasteiger charge is -2.06. The molecule has 0 spiro atoms. The maximum atomic E-state index is 13.2. The summed E-state index contributed by atoms with van der Waals surface area (Å²) in [6.07, 6.45) is 0.756. The molecule has 1 saturated carbocycles. The highest BCUT2D eigenvalue weighted by Gasteiger charge is 2.39. The van der Waals surface area contributed by atoms with Crippen molar-refractivity contribution in [3.05, 3.63) is 57.1 Å². The average molecular weight is 332 g/mol. The molecule has 126 valence electrons. The highest BCUT2D eigenvalue weighted by atomic mass is 19.1. The van der Waals surface area contributed by atoms with E-state index in [2.05, 4.69) is 10.4 Å². The van der Waals surface area contributed by atoms with Gasteiger partial charge in [-0.25, -0.2) is 4.39 Å². The Bertz CT molecular complexity index is 818. The molecule has 2 aromatic rings. The van der Waals surface area contributed by atoms with Crippen LogP contribution in [0.1, 0.15) is 29.3 Å². The number of aryl methyl sites for hydroxylation is 1. The molecule has 8 heteroatoms. The van der Waals surface area contributed by atoms with Crippen molar-refractivity contribution in [1.82, 2.24) is 15.1 Å². The van der Waals surface area contributed by atoms with Crippen molar-refractivity contribution < 1.29 is 14.1 Å². The Balaban J connectivity index is 1.62. The van der Waals surface area contributed by atoms with Crippen LogP contribution in [0.15, 0.2) is 24.3 Å². The van der Waals surface area contributed by atoms with E-state index in [0.717, 1.165) is 12.0 Å². The van der Waals surface area contributed by atoms with E-state index in [-0.39, 0.29) is 41.6 Å². The number of hydrogen-bond acceptors (Lipinski definition) is 4. The van der Waals surface area contributed by atoms with E-state index >= 15 is 0 Å². The zero-order valence-corrected chi connectivity index (χ0v) is 13.3. The smallest absolute Gasteiger partial charge is 0.312 e. The molecule has 7 nitrogen and oxygen atoms in total. The van der Waals surface area contributed by atoms with E-state index in [1.807, 2.05) is 6.07 Å². The lowest BCUT2D eigenvalue weighted by atomic mass is 10.1. The maximum Gasteiger partial charge on any atom is 0.312 e. The van der Waals surface area contributed by atoms with Gasteiger partial charge in [0, 0.05) is 12.0 Å². The highest BCUT2D eigenvalue weighted by molar-refractivity contribution is 5.76. The molecule has 24 heavy (non-hydrogen) atoms. The number of carbonyl (C=O) groups is 1. The number of aromatic nitrogens is 2. The standard InChI is InChI=1S/C16H17FN4O3/c1-9-16(21(23)24)10(2)20(19-9)8-15(22)18-14-7-13(14)11-4-3-5-12(17)6-11/h3-6,13-14H,7-8H2,1-2H3,(H,18,22)/t13-,14-/m0/s1. The van der Waals surface area contributed by atoms with E-state index < -0.39 is 4.92 Å². The summed E-state index contributed by atoms with van der Waals surface area (Å²) in [5, 5.41) is 17.9. The first-order valence-electron chi connectivity index (χ1n) is 7.60. The summed E-state index contributed by atoms with van der Waals surface area (Å²) in [6, 6.07) is 6.31. The zero-order chi connectivity index (χ0) is 17.4. The van der Waals surface area contributed by atoms with Crippen molar-refractivity contribution in [3.63, 3.8) is 0 Å². The van der Waals surface area contributed by atoms with Crippen LogP contribution in [0.25, 0.3) is 0 Å². The SMILES string of the molecule is Cc1nn(CC(=O)N[C@H]2C[C@H]2c2cccc(F)c2)c(C)c1[N+](=O)[O-]. The monoisotopic (exact) mass is 332 g/mol. The first-order chi connectivity index (χ1) is 11.4. The molecule has 0 radical (unpaired) electrons. The van der Waals surface area contributed by atoms with Crippen LogP contribution in [0.3, 0.4) is 0 Å². The van der Waals surface area contributed by atoms with Crippen molar-refractivity contribution in [2.75, 3.05) is 0 Å². The maximum absolute atomic E-state index is 13.2. The lowest BCUT2D eigenvalue weighted by molar-refractivity contribution is -0.386. The number of rotatable bonds is 5. The second-order valence-electron chi connectivity index (χ2n) is 6.01. The first kappa shape index (κ1) is 16.1. The van der Waals surface area contributed by atoms with Gasteiger partial charge in [-0.2, -0.15) is 5.10 Å². The number of carbonyl (C=O) groups excluding carboxylic acids is 1. The number of amides is 1. The molecule has 3 rings (SSSR count). The van der Waals surface area contributed by atoms with Crippen LogP contribution in [-0.2, 0) is 11.3 Å². The van der Waals surface area contributed by atoms with Gasteiger partial charge < -0.3 is 5.32 Å². The van der Waals surface area contributed by atoms with Crippen LogP contribution in [0.4, 0.5) is 10.1 Å². The van der Waals surface area contributed by atoms with Gasteiger partial charge in [0.1, 0.15) is 23.7 Å². The van der Waals surface area contributed by atoms with E-state index in [4.69, 9.17) is 0 Å². The van der Waals surface area contributed by atoms with Crippen LogP contribution < -0.4 is 5.32 Å². The Hall–Kier alpha value is -2.77. The summed E-state index contributed by atoms with van der Waals surface area (Å²) in [5.74, 6) is -0.446. The van der Waals surface area contributed by atoms with Gasteiger partial charge >= 0.3 is 5.69 Å². The Kier molecular flexibility index (Phi) is 4.04. The summed E-state index contributed by atoms with van der Waals surface area (Å²) >= 11 is 0. The third-order valence-corrected chi connectivity index (χ3v) is 4.23. The molecule has 1 aliphatic rings. The van der Waals surface area contributed by atoms with Gasteiger partial charge in [-0.1, -0.05) is 12.1 Å². The predicted molar refractivity (Wildman–Crippen MR) is 84.0 cm³/mol. The predicted octanol–water partition coefficient (Wildman–Crippen LogP) is 2.22. The Morgan fingerprint density at radius 2 is 2.25 bits per heavy atom. The summed E-state index contributed by atoms with van der Waals surface area (Å²) in [4.78, 5) is 22.6. The molecule has 1 aromatic carbocycles. The highest BCUT2D eigenvalue weighted by Crippen LogP contribution is 2.40. The minimum absolute atomic E-state index is 0.0359. The lowest BCUT2D eigenvalue weighted by Crippen LogP contribution is -2.30. The molecule has 0 saturated heterocycles. The first-order valence-corrected chi connectivity index (χ1v) is 7.60. The van der Waals surface area contributed by atoms with Gasteiger partial charge in [0.15, 0.2) is 0 Å². The van der Waals surface area contributed by atoms with Crippen molar-refractivity contribution in [3.8, 4) is 0 Å². The van der Waals surface area contributed by atoms with Crippen molar-refractivity contribution in [2.24, 2.45) is 0 Å². The minimum Gasteiger partial charge on any atom is -0.351 e. The summed E-state index contributed by atoms with van der Waals surface area (Å²) in [7, 11) is 0. The number of nitro groups is 1. The Morgan fingerprint density at radius 1 is 1.50 bits per heavy atom. The molecule has 0 bridgehead atoms. The van der Waals surface area contributed by atoms with E-state index in [1.54, 1.807) is 19.9 Å². The van der Waals surface area contributed by atoms with E-state index in [0.29, 0.717) is 5.69 Å². The van der Waals surface area contributed by atoms with Crippen molar-refractivity contribution in [1.29, 1.82) is 0 Å².